The van der Waals surface area contributed by atoms with Crippen LogP contribution in [0.2, 0.25) is 0 Å². The second-order valence-electron chi connectivity index (χ2n) is 7.94. The van der Waals surface area contributed by atoms with Gasteiger partial charge in [-0.25, -0.2) is 9.59 Å². The van der Waals surface area contributed by atoms with Gasteiger partial charge in [-0.05, 0) is 37.0 Å². The van der Waals surface area contributed by atoms with Gasteiger partial charge in [-0.1, -0.05) is 50.6 Å². The van der Waals surface area contributed by atoms with Gasteiger partial charge in [0, 0.05) is 11.4 Å². The van der Waals surface area contributed by atoms with E-state index >= 15 is 0 Å². The second kappa shape index (κ2) is 11.7. The van der Waals surface area contributed by atoms with Crippen LogP contribution in [0.1, 0.15) is 52.9 Å². The zero-order valence-corrected chi connectivity index (χ0v) is 20.9. The Labute approximate surface area is 207 Å². The molecule has 1 amide bonds. The Balaban J connectivity index is 1.81. The number of H-pyrrole nitrogens is 1. The van der Waals surface area contributed by atoms with E-state index < -0.39 is 29.7 Å². The first kappa shape index (κ1) is 26.0. The van der Waals surface area contributed by atoms with Crippen LogP contribution in [0, 0.1) is 0 Å². The molecule has 0 bridgehead atoms. The van der Waals surface area contributed by atoms with Crippen LogP contribution in [0.5, 0.6) is 0 Å². The molecule has 10 heteroatoms. The van der Waals surface area contributed by atoms with Gasteiger partial charge in [0.1, 0.15) is 10.7 Å². The van der Waals surface area contributed by atoms with Crippen molar-refractivity contribution in [3.8, 4) is 0 Å². The summed E-state index contributed by atoms with van der Waals surface area (Å²) in [5.41, 5.74) is 6.48. The van der Waals surface area contributed by atoms with E-state index in [0.717, 1.165) is 40.2 Å². The van der Waals surface area contributed by atoms with Crippen molar-refractivity contribution in [2.24, 2.45) is 0 Å². The zero-order valence-electron chi connectivity index (χ0n) is 20.1. The van der Waals surface area contributed by atoms with Gasteiger partial charge in [-0.15, -0.1) is 11.3 Å². The molecule has 0 aliphatic carbocycles. The van der Waals surface area contributed by atoms with Crippen LogP contribution < -0.4 is 21.9 Å². The summed E-state index contributed by atoms with van der Waals surface area (Å²) in [5, 5.41) is 0. The summed E-state index contributed by atoms with van der Waals surface area (Å²) >= 11 is 1.38. The van der Waals surface area contributed by atoms with Crippen LogP contribution in [0.25, 0.3) is 0 Å². The largest absolute Gasteiger partial charge is 0.451 e. The molecule has 9 nitrogen and oxygen atoms in total. The first-order chi connectivity index (χ1) is 16.8. The molecule has 3 aromatic rings. The van der Waals surface area contributed by atoms with Crippen molar-refractivity contribution in [1.82, 2.24) is 9.55 Å². The molecule has 186 valence electrons. The van der Waals surface area contributed by atoms with Crippen molar-refractivity contribution in [1.29, 1.82) is 0 Å². The molecule has 2 heterocycles. The van der Waals surface area contributed by atoms with Gasteiger partial charge in [0.15, 0.2) is 12.3 Å². The Kier molecular flexibility index (Phi) is 8.64. The third-order valence-corrected chi connectivity index (χ3v) is 6.78. The Hall–Kier alpha value is -3.66. The highest BCUT2D eigenvalue weighted by atomic mass is 32.1. The Morgan fingerprint density at radius 3 is 2.49 bits per heavy atom. The molecular weight excluding hydrogens is 468 g/mol. The lowest BCUT2D eigenvalue weighted by atomic mass is 10.1. The number of ether oxygens (including phenoxy) is 1. The van der Waals surface area contributed by atoms with Crippen LogP contribution in [-0.2, 0) is 28.9 Å². The lowest BCUT2D eigenvalue weighted by Gasteiger charge is -2.23. The molecule has 0 saturated carbocycles. The molecule has 0 fully saturated rings. The minimum absolute atomic E-state index is 0.0901. The number of benzene rings is 1. The van der Waals surface area contributed by atoms with Gasteiger partial charge >= 0.3 is 11.7 Å². The number of aryl methyl sites for hydroxylation is 2. The number of carbonyl (C=O) groups excluding carboxylic acids is 2. The summed E-state index contributed by atoms with van der Waals surface area (Å²) in [5.74, 6) is -1.35. The highest BCUT2D eigenvalue weighted by molar-refractivity contribution is 7.14. The number of likely N-dealkylation sites (N-methyl/N-ethyl adjacent to an activating group) is 1. The zero-order chi connectivity index (χ0) is 25.5. The molecule has 2 aromatic heterocycles. The van der Waals surface area contributed by atoms with E-state index in [1.807, 2.05) is 43.3 Å². The lowest BCUT2D eigenvalue weighted by Crippen LogP contribution is -2.42. The first-order valence-electron chi connectivity index (χ1n) is 11.6. The maximum atomic E-state index is 13.0. The molecule has 0 aliphatic heterocycles. The number of rotatable bonds is 10. The smallest absolute Gasteiger partial charge is 0.348 e. The van der Waals surface area contributed by atoms with Crippen molar-refractivity contribution >= 4 is 34.7 Å². The molecule has 0 radical (unpaired) electrons. The molecule has 3 N–H and O–H groups in total. The van der Waals surface area contributed by atoms with Gasteiger partial charge in [0.2, 0.25) is 0 Å². The third kappa shape index (κ3) is 5.89. The van der Waals surface area contributed by atoms with E-state index in [1.54, 1.807) is 6.92 Å². The van der Waals surface area contributed by atoms with Crippen molar-refractivity contribution in [2.75, 3.05) is 23.8 Å². The highest BCUT2D eigenvalue weighted by Crippen LogP contribution is 2.25. The van der Waals surface area contributed by atoms with Crippen LogP contribution in [0.3, 0.4) is 0 Å². The number of nitrogen functional groups attached to an aromatic ring is 1. The molecule has 0 spiro atoms. The number of aromatic amines is 1. The Morgan fingerprint density at radius 2 is 1.86 bits per heavy atom. The maximum absolute atomic E-state index is 13.0. The molecule has 35 heavy (non-hydrogen) atoms. The molecule has 3 rings (SSSR count). The lowest BCUT2D eigenvalue weighted by molar-refractivity contribution is -0.121. The molecule has 0 unspecified atom stereocenters. The van der Waals surface area contributed by atoms with Gasteiger partial charge in [-0.3, -0.25) is 19.1 Å². The molecule has 0 aliphatic rings. The predicted molar refractivity (Wildman–Crippen MR) is 137 cm³/mol. The minimum atomic E-state index is -0.784. The number of nitrogens with one attached hydrogen (secondary N) is 1. The van der Waals surface area contributed by atoms with E-state index in [4.69, 9.17) is 10.5 Å². The van der Waals surface area contributed by atoms with Crippen LogP contribution in [0.15, 0.2) is 46.0 Å². The number of aromatic nitrogens is 2. The number of nitrogens with two attached hydrogens (primary N) is 1. The predicted octanol–water partition coefficient (Wildman–Crippen LogP) is 2.95. The number of thiophene rings is 1. The number of amides is 1. The first-order valence-corrected chi connectivity index (χ1v) is 12.4. The van der Waals surface area contributed by atoms with Crippen molar-refractivity contribution < 1.29 is 14.3 Å². The number of hydrogen-bond donors (Lipinski definition) is 2. The van der Waals surface area contributed by atoms with E-state index in [2.05, 4.69) is 11.9 Å². The Bertz CT molecular complexity index is 1310. The Morgan fingerprint density at radius 1 is 1.14 bits per heavy atom. The van der Waals surface area contributed by atoms with Gasteiger partial charge < -0.3 is 15.4 Å². The van der Waals surface area contributed by atoms with E-state index in [-0.39, 0.29) is 24.6 Å². The SMILES string of the molecule is CCCc1sc(C(=O)OCC(=O)N(CC)c2c(N)n(Cc3ccccc3)c(=O)[nH]c2=O)cc1CC. The van der Waals surface area contributed by atoms with Gasteiger partial charge in [0.25, 0.3) is 11.5 Å². The summed E-state index contributed by atoms with van der Waals surface area (Å²) in [7, 11) is 0. The monoisotopic (exact) mass is 498 g/mol. The molecule has 0 atom stereocenters. The average molecular weight is 499 g/mol. The third-order valence-electron chi connectivity index (χ3n) is 5.57. The van der Waals surface area contributed by atoms with E-state index in [1.165, 1.54) is 15.9 Å². The second-order valence-corrected chi connectivity index (χ2v) is 9.08. The molecule has 0 saturated heterocycles. The normalized spacial score (nSPS) is 10.8. The highest BCUT2D eigenvalue weighted by Gasteiger charge is 2.25. The van der Waals surface area contributed by atoms with Crippen LogP contribution in [0.4, 0.5) is 11.5 Å². The van der Waals surface area contributed by atoms with Crippen LogP contribution in [-0.4, -0.2) is 34.6 Å². The van der Waals surface area contributed by atoms with Gasteiger partial charge in [0.05, 0.1) is 6.54 Å². The van der Waals surface area contributed by atoms with Crippen molar-refractivity contribution in [3.63, 3.8) is 0 Å². The quantitative estimate of drug-likeness (QED) is 0.414. The fraction of sp³-hybridized carbons (Fsp3) is 0.360. The standard InChI is InChI=1S/C25H30N4O5S/c1-4-10-18-17(5-2)13-19(35-18)24(32)34-15-20(30)28(6-3)21-22(26)29(25(33)27-23(21)31)14-16-11-8-7-9-12-16/h7-9,11-13H,4-6,10,14-15,26H2,1-3H3,(H,27,31,33). The number of esters is 1. The summed E-state index contributed by atoms with van der Waals surface area (Å²) < 4.78 is 6.47. The summed E-state index contributed by atoms with van der Waals surface area (Å²) in [6, 6.07) is 10.9. The average Bonchev–Trinajstić information content (AvgIpc) is 3.26. The van der Waals surface area contributed by atoms with Crippen molar-refractivity contribution in [2.45, 2.75) is 46.6 Å². The fourth-order valence-electron chi connectivity index (χ4n) is 3.80. The molecular formula is C25H30N4O5S. The maximum Gasteiger partial charge on any atom is 0.348 e. The summed E-state index contributed by atoms with van der Waals surface area (Å²) in [4.78, 5) is 55.5. The molecule has 1 aromatic carbocycles. The summed E-state index contributed by atoms with van der Waals surface area (Å²) in [6.45, 7) is 5.41. The number of carbonyl (C=O) groups is 2. The van der Waals surface area contributed by atoms with Gasteiger partial charge in [-0.2, -0.15) is 0 Å². The van der Waals surface area contributed by atoms with Crippen molar-refractivity contribution in [3.05, 3.63) is 78.1 Å². The topological polar surface area (TPSA) is 127 Å². The van der Waals surface area contributed by atoms with E-state index in [0.29, 0.717) is 4.88 Å². The number of anilines is 2. The number of hydrogen-bond acceptors (Lipinski definition) is 7. The minimum Gasteiger partial charge on any atom is -0.451 e. The summed E-state index contributed by atoms with van der Waals surface area (Å²) in [6.07, 6.45) is 2.65. The fourth-order valence-corrected chi connectivity index (χ4v) is 5.05. The van der Waals surface area contributed by atoms with Crippen LogP contribution >= 0.6 is 11.3 Å². The van der Waals surface area contributed by atoms with E-state index in [9.17, 15) is 19.2 Å². The number of nitrogens with zero attached hydrogens (tertiary/aromatic N) is 2.